The van der Waals surface area contributed by atoms with Gasteiger partial charge in [0.25, 0.3) is 0 Å². The van der Waals surface area contributed by atoms with Crippen molar-refractivity contribution in [3.05, 3.63) is 60.7 Å². The smallest absolute Gasteiger partial charge is 0.872 e. The van der Waals surface area contributed by atoms with E-state index in [0.29, 0.717) is 0 Å². The van der Waals surface area contributed by atoms with Gasteiger partial charge in [0.15, 0.2) is 0 Å². The molecule has 2 nitrogen and oxygen atoms in total. The molecule has 0 saturated heterocycles. The van der Waals surface area contributed by atoms with Gasteiger partial charge in [-0.25, -0.2) is 0 Å². The van der Waals surface area contributed by atoms with Gasteiger partial charge in [0, 0.05) is 0 Å². The zero-order chi connectivity index (χ0) is 10.2. The Hall–Kier alpha value is -1.90. The fourth-order valence-corrected chi connectivity index (χ4v) is 0.841. The Balaban J connectivity index is 0.000000245. The van der Waals surface area contributed by atoms with Gasteiger partial charge in [-0.2, -0.15) is 0 Å². The van der Waals surface area contributed by atoms with Gasteiger partial charge in [-0.1, -0.05) is 60.7 Å². The molecule has 0 saturated carbocycles. The zero-order valence-corrected chi connectivity index (χ0v) is 8.17. The predicted octanol–water partition coefficient (Wildman–Crippen LogP) is 1.14. The van der Waals surface area contributed by atoms with E-state index >= 15 is 0 Å². The van der Waals surface area contributed by atoms with Crippen molar-refractivity contribution in [2.45, 2.75) is 0 Å². The summed E-state index contributed by atoms with van der Waals surface area (Å²) in [6.45, 7) is 0. The molecule has 1 radical (unpaired) electrons. The second-order valence-corrected chi connectivity index (χ2v) is 2.63. The molecule has 0 bridgehead atoms. The molecular formula is C12H10BO2. The average molecular weight is 197 g/mol. The Labute approximate surface area is 91.4 Å². The van der Waals surface area contributed by atoms with Crippen LogP contribution in [0.3, 0.4) is 0 Å². The van der Waals surface area contributed by atoms with E-state index in [-0.39, 0.29) is 19.9 Å². The van der Waals surface area contributed by atoms with Gasteiger partial charge in [-0.05, 0) is 0 Å². The van der Waals surface area contributed by atoms with Gasteiger partial charge < -0.3 is 10.2 Å². The third kappa shape index (κ3) is 6.21. The van der Waals surface area contributed by atoms with Crippen LogP contribution in [-0.2, 0) is 0 Å². The number of benzene rings is 2. The fraction of sp³-hybridized carbons (Fsp3) is 0. The van der Waals surface area contributed by atoms with Crippen LogP contribution in [0.1, 0.15) is 0 Å². The summed E-state index contributed by atoms with van der Waals surface area (Å²) in [7, 11) is 0. The van der Waals surface area contributed by atoms with E-state index in [4.69, 9.17) is 0 Å². The minimum atomic E-state index is 0. The molecule has 15 heavy (non-hydrogen) atoms. The van der Waals surface area contributed by atoms with Crippen molar-refractivity contribution in [3.63, 3.8) is 0 Å². The number of rotatable bonds is 0. The Bertz CT molecular complexity index is 311. The molecule has 2 aromatic carbocycles. The molecular weight excluding hydrogens is 187 g/mol. The number of hydrogen-bond acceptors (Lipinski definition) is 2. The van der Waals surface area contributed by atoms with Gasteiger partial charge in [0.05, 0.1) is 0 Å². The molecule has 0 aromatic heterocycles. The maximum atomic E-state index is 10.3. The van der Waals surface area contributed by atoms with Gasteiger partial charge in [0.1, 0.15) is 0 Å². The first-order valence-corrected chi connectivity index (χ1v) is 4.23. The minimum absolute atomic E-state index is 0. The topological polar surface area (TPSA) is 46.1 Å². The summed E-state index contributed by atoms with van der Waals surface area (Å²) >= 11 is 0. The van der Waals surface area contributed by atoms with E-state index in [2.05, 4.69) is 0 Å². The molecule has 0 unspecified atom stereocenters. The van der Waals surface area contributed by atoms with E-state index < -0.39 is 0 Å². The average Bonchev–Trinajstić information content (AvgIpc) is 2.21. The van der Waals surface area contributed by atoms with Crippen LogP contribution in [0, 0.1) is 0 Å². The summed E-state index contributed by atoms with van der Waals surface area (Å²) in [5, 5.41) is 20.5. The van der Waals surface area contributed by atoms with Crippen LogP contribution in [0.15, 0.2) is 60.7 Å². The quantitative estimate of drug-likeness (QED) is 0.594. The third-order valence-electron chi connectivity index (χ3n) is 1.49. The molecule has 0 aliphatic heterocycles. The molecule has 3 heteroatoms. The molecule has 0 atom stereocenters. The molecule has 73 valence electrons. The summed E-state index contributed by atoms with van der Waals surface area (Å²) in [6, 6.07) is 16.7. The molecule has 2 aromatic rings. The van der Waals surface area contributed by atoms with Crippen LogP contribution in [0.4, 0.5) is 0 Å². The van der Waals surface area contributed by atoms with Crippen molar-refractivity contribution < 1.29 is 10.2 Å². The molecule has 0 N–H and O–H groups in total. The van der Waals surface area contributed by atoms with Gasteiger partial charge in [-0.3, -0.25) is 0 Å². The van der Waals surface area contributed by atoms with Crippen molar-refractivity contribution in [1.29, 1.82) is 0 Å². The van der Waals surface area contributed by atoms with Crippen LogP contribution in [0.2, 0.25) is 0 Å². The first kappa shape index (κ1) is 13.1. The van der Waals surface area contributed by atoms with Crippen molar-refractivity contribution in [3.8, 4) is 11.5 Å². The zero-order valence-electron chi connectivity index (χ0n) is 8.17. The monoisotopic (exact) mass is 197 g/mol. The van der Waals surface area contributed by atoms with Gasteiger partial charge in [0.2, 0.25) is 0 Å². The maximum absolute atomic E-state index is 10.3. The summed E-state index contributed by atoms with van der Waals surface area (Å²) < 4.78 is 0. The summed E-state index contributed by atoms with van der Waals surface area (Å²) in [5.41, 5.74) is 0. The molecule has 0 spiro atoms. The second-order valence-electron chi connectivity index (χ2n) is 2.63. The predicted molar refractivity (Wildman–Crippen MR) is 57.5 cm³/mol. The Morgan fingerprint density at radius 3 is 0.933 bits per heavy atom. The van der Waals surface area contributed by atoms with Crippen molar-refractivity contribution in [1.82, 2.24) is 0 Å². The molecule has 2 rings (SSSR count). The van der Waals surface area contributed by atoms with E-state index in [1.165, 1.54) is 24.3 Å². The first-order chi connectivity index (χ1) is 6.79. The van der Waals surface area contributed by atoms with Crippen molar-refractivity contribution >= 4 is 8.41 Å². The SMILES string of the molecule is [B+2].[O-]c1ccccc1.[O-]c1ccccc1. The standard InChI is InChI=1S/2C6H6O.B/c2*7-6-4-2-1-3-5-6;/h2*1-5,7H;/q;;+2/p-2. The third-order valence-corrected chi connectivity index (χ3v) is 1.49. The molecule has 0 amide bonds. The Kier molecular flexibility index (Phi) is 6.56. The van der Waals surface area contributed by atoms with Crippen LogP contribution in [-0.4, -0.2) is 8.41 Å². The molecule has 0 heterocycles. The first-order valence-electron chi connectivity index (χ1n) is 4.23. The van der Waals surface area contributed by atoms with Crippen LogP contribution >= 0.6 is 0 Å². The van der Waals surface area contributed by atoms with Crippen LogP contribution < -0.4 is 10.2 Å². The van der Waals surface area contributed by atoms with E-state index in [1.54, 1.807) is 24.3 Å². The van der Waals surface area contributed by atoms with Crippen molar-refractivity contribution in [2.75, 3.05) is 0 Å². The summed E-state index contributed by atoms with van der Waals surface area (Å²) in [5.74, 6) is 0.144. The van der Waals surface area contributed by atoms with E-state index in [0.717, 1.165) is 0 Å². The van der Waals surface area contributed by atoms with Crippen LogP contribution in [0.5, 0.6) is 11.5 Å². The van der Waals surface area contributed by atoms with E-state index in [1.807, 2.05) is 12.1 Å². The van der Waals surface area contributed by atoms with Crippen molar-refractivity contribution in [2.24, 2.45) is 0 Å². The fourth-order valence-electron chi connectivity index (χ4n) is 0.841. The molecule has 0 fully saturated rings. The largest absolute Gasteiger partial charge is 2.00 e. The van der Waals surface area contributed by atoms with Gasteiger partial charge in [-0.15, -0.1) is 11.5 Å². The van der Waals surface area contributed by atoms with Gasteiger partial charge >= 0.3 is 8.41 Å². The number of para-hydroxylation sites is 2. The minimum Gasteiger partial charge on any atom is -0.872 e. The van der Waals surface area contributed by atoms with E-state index in [9.17, 15) is 10.2 Å². The summed E-state index contributed by atoms with van der Waals surface area (Å²) in [4.78, 5) is 0. The number of hydrogen-bond donors (Lipinski definition) is 0. The van der Waals surface area contributed by atoms with Crippen LogP contribution in [0.25, 0.3) is 0 Å². The Morgan fingerprint density at radius 2 is 0.800 bits per heavy atom. The molecule has 0 aliphatic rings. The molecule has 0 aliphatic carbocycles. The Morgan fingerprint density at radius 1 is 0.533 bits per heavy atom. The summed E-state index contributed by atoms with van der Waals surface area (Å²) in [6.07, 6.45) is 0. The second kappa shape index (κ2) is 7.50. The maximum Gasteiger partial charge on any atom is 2.00 e. The normalized spacial score (nSPS) is 8.00.